The number of hydrogen-bond donors (Lipinski definition) is 2. The summed E-state index contributed by atoms with van der Waals surface area (Å²) in [5.41, 5.74) is 0. The van der Waals surface area contributed by atoms with Crippen molar-refractivity contribution in [2.45, 2.75) is 4.90 Å². The van der Waals surface area contributed by atoms with Crippen LogP contribution in [0.15, 0.2) is 17.0 Å². The summed E-state index contributed by atoms with van der Waals surface area (Å²) in [7, 11) is 0. The molecule has 0 radical (unpaired) electrons. The summed E-state index contributed by atoms with van der Waals surface area (Å²) >= 11 is 15.1. The Bertz CT molecular complexity index is 235. The zero-order valence-corrected chi connectivity index (χ0v) is 7.21. The summed E-state index contributed by atoms with van der Waals surface area (Å²) < 4.78 is 0. The van der Waals surface area contributed by atoms with E-state index in [4.69, 9.17) is 28.3 Å². The fourth-order valence-corrected chi connectivity index (χ4v) is 1.08. The van der Waals surface area contributed by atoms with Gasteiger partial charge in [0.05, 0.1) is 10.0 Å². The predicted octanol–water partition coefficient (Wildman–Crippen LogP) is 2.99. The topological polar surface area (TPSA) is 20.2 Å². The lowest BCUT2D eigenvalue weighted by Gasteiger charge is -2.00. The molecule has 0 amide bonds. The Morgan fingerprint density at radius 1 is 1.30 bits per heavy atom. The molecule has 10 heavy (non-hydrogen) atoms. The fourth-order valence-electron chi connectivity index (χ4n) is 0.530. The van der Waals surface area contributed by atoms with E-state index in [0.29, 0.717) is 4.90 Å². The van der Waals surface area contributed by atoms with Crippen LogP contribution in [0.5, 0.6) is 5.75 Å². The minimum Gasteiger partial charge on any atom is -0.505 e. The second-order valence-corrected chi connectivity index (χ2v) is 3.00. The highest BCUT2D eigenvalue weighted by Crippen LogP contribution is 2.35. The number of benzene rings is 1. The maximum absolute atomic E-state index is 9.07. The largest absolute Gasteiger partial charge is 0.505 e. The van der Waals surface area contributed by atoms with Crippen LogP contribution in [0, 0.1) is 0 Å². The van der Waals surface area contributed by atoms with Crippen molar-refractivity contribution < 1.29 is 5.11 Å². The highest BCUT2D eigenvalue weighted by molar-refractivity contribution is 7.80. The number of aromatic hydroxyl groups is 1. The second-order valence-electron chi connectivity index (χ2n) is 1.73. The molecule has 0 fully saturated rings. The van der Waals surface area contributed by atoms with Gasteiger partial charge >= 0.3 is 0 Å². The number of phenols is 1. The lowest BCUT2D eigenvalue weighted by Crippen LogP contribution is -1.72. The molecule has 4 heteroatoms. The van der Waals surface area contributed by atoms with Crippen molar-refractivity contribution in [1.29, 1.82) is 0 Å². The van der Waals surface area contributed by atoms with Crippen molar-refractivity contribution in [3.05, 3.63) is 22.2 Å². The van der Waals surface area contributed by atoms with Gasteiger partial charge in [0.2, 0.25) is 0 Å². The number of rotatable bonds is 0. The van der Waals surface area contributed by atoms with Crippen LogP contribution in [0.3, 0.4) is 0 Å². The number of thiol groups is 1. The molecule has 1 rings (SSSR count). The van der Waals surface area contributed by atoms with Crippen LogP contribution in [0.1, 0.15) is 0 Å². The van der Waals surface area contributed by atoms with Gasteiger partial charge in [-0.05, 0) is 12.1 Å². The smallest absolute Gasteiger partial charge is 0.153 e. The Morgan fingerprint density at radius 2 is 1.90 bits per heavy atom. The molecule has 0 aromatic heterocycles. The Labute approximate surface area is 74.0 Å². The second kappa shape index (κ2) is 2.91. The van der Waals surface area contributed by atoms with E-state index >= 15 is 0 Å². The molecule has 0 unspecified atom stereocenters. The van der Waals surface area contributed by atoms with Crippen LogP contribution in [-0.4, -0.2) is 5.11 Å². The van der Waals surface area contributed by atoms with Gasteiger partial charge in [0.15, 0.2) is 5.75 Å². The van der Waals surface area contributed by atoms with Crippen molar-refractivity contribution in [1.82, 2.24) is 0 Å². The number of halogens is 2. The Morgan fingerprint density at radius 3 is 2.40 bits per heavy atom. The molecule has 0 aliphatic carbocycles. The molecule has 0 heterocycles. The van der Waals surface area contributed by atoms with E-state index in [2.05, 4.69) is 12.6 Å². The quantitative estimate of drug-likeness (QED) is 0.609. The van der Waals surface area contributed by atoms with Gasteiger partial charge in [-0.25, -0.2) is 0 Å². The molecule has 0 saturated heterocycles. The van der Waals surface area contributed by atoms with Crippen LogP contribution in [0.2, 0.25) is 10.0 Å². The van der Waals surface area contributed by atoms with E-state index in [1.165, 1.54) is 6.07 Å². The third-order valence-corrected chi connectivity index (χ3v) is 2.24. The maximum atomic E-state index is 9.07. The summed E-state index contributed by atoms with van der Waals surface area (Å²) in [5, 5.41) is 9.50. The van der Waals surface area contributed by atoms with Gasteiger partial charge in [0.1, 0.15) is 0 Å². The Balaban J connectivity index is 3.34. The average molecular weight is 195 g/mol. The highest BCUT2D eigenvalue weighted by Gasteiger charge is 2.05. The number of hydrogen-bond acceptors (Lipinski definition) is 2. The van der Waals surface area contributed by atoms with Crippen LogP contribution >= 0.6 is 35.8 Å². The maximum Gasteiger partial charge on any atom is 0.153 e. The van der Waals surface area contributed by atoms with Crippen LogP contribution in [-0.2, 0) is 0 Å². The molecule has 0 atom stereocenters. The van der Waals surface area contributed by atoms with E-state index in [9.17, 15) is 0 Å². The predicted molar refractivity (Wildman–Crippen MR) is 45.4 cm³/mol. The molecule has 0 spiro atoms. The molecular weight excluding hydrogens is 191 g/mol. The molecule has 0 bridgehead atoms. The van der Waals surface area contributed by atoms with Gasteiger partial charge in [-0.2, -0.15) is 0 Å². The molecular formula is C6H4Cl2OS. The van der Waals surface area contributed by atoms with Crippen molar-refractivity contribution in [2.24, 2.45) is 0 Å². The minimum atomic E-state index is -0.115. The van der Waals surface area contributed by atoms with Crippen LogP contribution < -0.4 is 0 Å². The van der Waals surface area contributed by atoms with Gasteiger partial charge in [0, 0.05) is 4.90 Å². The molecule has 1 nitrogen and oxygen atoms in total. The fraction of sp³-hybridized carbons (Fsp3) is 0. The zero-order chi connectivity index (χ0) is 7.72. The summed E-state index contributed by atoms with van der Waals surface area (Å²) in [4.78, 5) is 0.517. The third-order valence-electron chi connectivity index (χ3n) is 1.05. The van der Waals surface area contributed by atoms with E-state index < -0.39 is 0 Å². The lowest BCUT2D eigenvalue weighted by atomic mass is 10.3. The standard InChI is InChI=1S/C6H4Cl2OS/c7-3-1-2-4(10)5(8)6(3)9/h1-2,9-10H. The first-order valence-corrected chi connectivity index (χ1v) is 3.69. The van der Waals surface area contributed by atoms with E-state index in [1.54, 1.807) is 6.07 Å². The first-order valence-electron chi connectivity index (χ1n) is 2.49. The van der Waals surface area contributed by atoms with E-state index in [1.807, 2.05) is 0 Å². The van der Waals surface area contributed by atoms with Crippen molar-refractivity contribution in [3.63, 3.8) is 0 Å². The molecule has 54 valence electrons. The van der Waals surface area contributed by atoms with Gasteiger partial charge in [-0.3, -0.25) is 0 Å². The third kappa shape index (κ3) is 1.34. The molecule has 1 aromatic carbocycles. The van der Waals surface area contributed by atoms with E-state index in [-0.39, 0.29) is 15.8 Å². The zero-order valence-electron chi connectivity index (χ0n) is 4.81. The Kier molecular flexibility index (Phi) is 2.34. The normalized spacial score (nSPS) is 9.90. The monoisotopic (exact) mass is 194 g/mol. The molecule has 1 N–H and O–H groups in total. The summed E-state index contributed by atoms with van der Waals surface area (Å²) in [6.45, 7) is 0. The summed E-state index contributed by atoms with van der Waals surface area (Å²) in [5.74, 6) is -0.115. The average Bonchev–Trinajstić information content (AvgIpc) is 1.93. The van der Waals surface area contributed by atoms with Gasteiger partial charge < -0.3 is 5.11 Å². The Hall–Kier alpha value is -0.0500. The van der Waals surface area contributed by atoms with Crippen molar-refractivity contribution in [2.75, 3.05) is 0 Å². The number of phenolic OH excluding ortho intramolecular Hbond substituents is 1. The van der Waals surface area contributed by atoms with Gasteiger partial charge in [-0.1, -0.05) is 23.2 Å². The summed E-state index contributed by atoms with van der Waals surface area (Å²) in [6, 6.07) is 3.15. The summed E-state index contributed by atoms with van der Waals surface area (Å²) in [6.07, 6.45) is 0. The highest BCUT2D eigenvalue weighted by atomic mass is 35.5. The van der Waals surface area contributed by atoms with Crippen molar-refractivity contribution >= 4 is 35.8 Å². The molecule has 0 saturated carbocycles. The first-order chi connectivity index (χ1) is 4.63. The van der Waals surface area contributed by atoms with Crippen LogP contribution in [0.4, 0.5) is 0 Å². The molecule has 0 aliphatic heterocycles. The van der Waals surface area contributed by atoms with Crippen LogP contribution in [0.25, 0.3) is 0 Å². The first kappa shape index (κ1) is 8.05. The lowest BCUT2D eigenvalue weighted by molar-refractivity contribution is 0.474. The SMILES string of the molecule is Oc1c(Cl)ccc(S)c1Cl. The van der Waals surface area contributed by atoms with E-state index in [0.717, 1.165) is 0 Å². The van der Waals surface area contributed by atoms with Gasteiger partial charge in [-0.15, -0.1) is 12.6 Å². The molecule has 0 aliphatic rings. The van der Waals surface area contributed by atoms with Gasteiger partial charge in [0.25, 0.3) is 0 Å². The minimum absolute atomic E-state index is 0.115. The molecule has 1 aromatic rings. The van der Waals surface area contributed by atoms with Crippen molar-refractivity contribution in [3.8, 4) is 5.75 Å².